The molecule has 0 aliphatic carbocycles. The summed E-state index contributed by atoms with van der Waals surface area (Å²) in [5.41, 5.74) is 1.52. The Labute approximate surface area is 148 Å². The molecule has 3 aromatic rings. The van der Waals surface area contributed by atoms with Crippen LogP contribution in [0.15, 0.2) is 48.5 Å². The fourth-order valence-corrected chi connectivity index (χ4v) is 2.74. The van der Waals surface area contributed by atoms with Gasteiger partial charge in [-0.1, -0.05) is 68.3 Å². The van der Waals surface area contributed by atoms with Crippen LogP contribution >= 0.6 is 0 Å². The third-order valence-corrected chi connectivity index (χ3v) is 3.78. The first kappa shape index (κ1) is 20.2. The first-order valence-corrected chi connectivity index (χ1v) is 6.95. The number of fused-ring (bicyclic) bond motifs is 2. The molecule has 0 N–H and O–H groups in total. The normalized spacial score (nSPS) is 9.76. The van der Waals surface area contributed by atoms with Gasteiger partial charge < -0.3 is 14.9 Å². The Kier molecular flexibility index (Phi) is 8.89. The van der Waals surface area contributed by atoms with Crippen LogP contribution in [0, 0.1) is 14.9 Å². The van der Waals surface area contributed by atoms with Crippen molar-refractivity contribution >= 4 is 21.5 Å². The van der Waals surface area contributed by atoms with E-state index in [1.165, 1.54) is 52.8 Å². The van der Waals surface area contributed by atoms with Crippen LogP contribution in [0.25, 0.3) is 21.5 Å². The van der Waals surface area contributed by atoms with Crippen LogP contribution in [0.3, 0.4) is 0 Å². The zero-order valence-corrected chi connectivity index (χ0v) is 17.0. The van der Waals surface area contributed by atoms with Crippen LogP contribution in [0.1, 0.15) is 31.7 Å². The largest absolute Gasteiger partial charge is 0.358 e. The van der Waals surface area contributed by atoms with Gasteiger partial charge in [0.15, 0.2) is 0 Å². The minimum absolute atomic E-state index is 0. The molecule has 0 spiro atoms. The zero-order valence-electron chi connectivity index (χ0n) is 13.4. The Morgan fingerprint density at radius 2 is 1.52 bits per heavy atom. The third-order valence-electron chi connectivity index (χ3n) is 3.78. The molecule has 0 heterocycles. The second-order valence-electron chi connectivity index (χ2n) is 5.10. The topological polar surface area (TPSA) is 0 Å². The summed E-state index contributed by atoms with van der Waals surface area (Å²) in [6.07, 6.45) is 5.15. The van der Waals surface area contributed by atoms with Gasteiger partial charge in [-0.3, -0.25) is 0 Å². The maximum absolute atomic E-state index is 2.35. The van der Waals surface area contributed by atoms with E-state index < -0.39 is 0 Å². The molecule has 0 aliphatic heterocycles. The minimum atomic E-state index is 0. The van der Waals surface area contributed by atoms with Crippen molar-refractivity contribution in [2.75, 3.05) is 0 Å². The molecule has 0 saturated carbocycles. The molecule has 21 heavy (non-hydrogen) atoms. The maximum atomic E-state index is 2.35. The summed E-state index contributed by atoms with van der Waals surface area (Å²) in [6.45, 7) is 2.26. The molecular formula is C20H25Hf-3. The summed E-state index contributed by atoms with van der Waals surface area (Å²) >= 11 is 0. The average Bonchev–Trinajstić information content (AvgIpc) is 2.79. The van der Waals surface area contributed by atoms with E-state index in [1.807, 2.05) is 0 Å². The molecule has 0 unspecified atom stereocenters. The average molecular weight is 444 g/mol. The van der Waals surface area contributed by atoms with Crippen molar-refractivity contribution in [2.45, 2.75) is 32.6 Å². The first-order valence-electron chi connectivity index (χ1n) is 6.95. The van der Waals surface area contributed by atoms with Crippen molar-refractivity contribution in [3.05, 3.63) is 68.9 Å². The van der Waals surface area contributed by atoms with E-state index in [0.717, 1.165) is 0 Å². The van der Waals surface area contributed by atoms with Crippen molar-refractivity contribution in [1.82, 2.24) is 0 Å². The van der Waals surface area contributed by atoms with E-state index >= 15 is 0 Å². The van der Waals surface area contributed by atoms with Crippen molar-refractivity contribution < 1.29 is 25.8 Å². The van der Waals surface area contributed by atoms with Crippen LogP contribution in [0.4, 0.5) is 0 Å². The second-order valence-corrected chi connectivity index (χ2v) is 5.10. The molecule has 0 aromatic heterocycles. The van der Waals surface area contributed by atoms with Gasteiger partial charge in [0.25, 0.3) is 0 Å². The van der Waals surface area contributed by atoms with Crippen molar-refractivity contribution in [2.24, 2.45) is 0 Å². The van der Waals surface area contributed by atoms with Gasteiger partial charge in [-0.2, -0.15) is 6.07 Å². The smallest absolute Gasteiger partial charge is 0 e. The molecule has 112 valence electrons. The van der Waals surface area contributed by atoms with Crippen LogP contribution in [0.2, 0.25) is 0 Å². The molecule has 3 rings (SSSR count). The SMILES string of the molecule is CCCCC[c-]1ccc2cc3ccccc3cc21.[CH3-].[CH3-].[Hf]. The number of hydrogen-bond donors (Lipinski definition) is 0. The van der Waals surface area contributed by atoms with E-state index in [1.54, 1.807) is 0 Å². The molecular weight excluding hydrogens is 419 g/mol. The van der Waals surface area contributed by atoms with Gasteiger partial charge in [0.1, 0.15) is 0 Å². The molecule has 0 atom stereocenters. The van der Waals surface area contributed by atoms with Gasteiger partial charge in [0.2, 0.25) is 0 Å². The Morgan fingerprint density at radius 1 is 0.857 bits per heavy atom. The molecule has 0 radical (unpaired) electrons. The summed E-state index contributed by atoms with van der Waals surface area (Å²) < 4.78 is 0. The van der Waals surface area contributed by atoms with Gasteiger partial charge in [-0.15, -0.1) is 28.5 Å². The third kappa shape index (κ3) is 4.32. The maximum Gasteiger partial charge on any atom is 0 e. The Bertz CT molecular complexity index is 664. The number of benzene rings is 2. The molecule has 1 heteroatoms. The predicted molar refractivity (Wildman–Crippen MR) is 93.1 cm³/mol. The fourth-order valence-electron chi connectivity index (χ4n) is 2.74. The van der Waals surface area contributed by atoms with Crippen LogP contribution in [-0.2, 0) is 32.3 Å². The summed E-state index contributed by atoms with van der Waals surface area (Å²) in [5.74, 6) is 0. The Morgan fingerprint density at radius 3 is 2.19 bits per heavy atom. The van der Waals surface area contributed by atoms with Crippen molar-refractivity contribution in [3.63, 3.8) is 0 Å². The van der Waals surface area contributed by atoms with Crippen LogP contribution in [0.5, 0.6) is 0 Å². The van der Waals surface area contributed by atoms with E-state index in [9.17, 15) is 0 Å². The molecule has 0 bridgehead atoms. The number of hydrogen-bond acceptors (Lipinski definition) is 0. The van der Waals surface area contributed by atoms with Gasteiger partial charge in [0, 0.05) is 25.8 Å². The molecule has 0 aliphatic rings. The number of aryl methyl sites for hydroxylation is 1. The molecule has 0 fully saturated rings. The van der Waals surface area contributed by atoms with Crippen molar-refractivity contribution in [3.8, 4) is 0 Å². The standard InChI is InChI=1S/C18H19.2CH3.Hf/c1-2-3-4-7-14-10-11-17-12-15-8-5-6-9-16(15)13-18(14)17;;;/h5-6,8-13H,2-4,7H2,1H3;2*1H3;/q3*-1;. The van der Waals surface area contributed by atoms with Gasteiger partial charge >= 0.3 is 0 Å². The summed E-state index contributed by atoms with van der Waals surface area (Å²) in [6, 6.07) is 17.9. The molecule has 3 aromatic carbocycles. The number of unbranched alkanes of at least 4 members (excludes halogenated alkanes) is 2. The number of rotatable bonds is 4. The van der Waals surface area contributed by atoms with E-state index in [4.69, 9.17) is 0 Å². The Hall–Kier alpha value is -0.820. The summed E-state index contributed by atoms with van der Waals surface area (Å²) in [7, 11) is 0. The zero-order chi connectivity index (χ0) is 12.4. The predicted octanol–water partition coefficient (Wildman–Crippen LogP) is 6.34. The first-order chi connectivity index (χ1) is 8.88. The summed E-state index contributed by atoms with van der Waals surface area (Å²) in [5, 5.41) is 5.54. The second kappa shape index (κ2) is 9.25. The molecule has 0 saturated heterocycles. The molecule has 0 nitrogen and oxygen atoms in total. The van der Waals surface area contributed by atoms with Crippen LogP contribution in [-0.4, -0.2) is 0 Å². The van der Waals surface area contributed by atoms with Gasteiger partial charge in [-0.05, 0) is 5.39 Å². The van der Waals surface area contributed by atoms with E-state index in [2.05, 4.69) is 55.5 Å². The van der Waals surface area contributed by atoms with E-state index in [0.29, 0.717) is 0 Å². The van der Waals surface area contributed by atoms with Crippen LogP contribution < -0.4 is 0 Å². The Balaban J connectivity index is 0.00000133. The minimum Gasteiger partial charge on any atom is -0.358 e. The fraction of sp³-hybridized carbons (Fsp3) is 0.250. The van der Waals surface area contributed by atoms with E-state index in [-0.39, 0.29) is 40.7 Å². The monoisotopic (exact) mass is 445 g/mol. The van der Waals surface area contributed by atoms with Gasteiger partial charge in [-0.25, -0.2) is 0 Å². The molecule has 0 amide bonds. The summed E-state index contributed by atoms with van der Waals surface area (Å²) in [4.78, 5) is 0. The van der Waals surface area contributed by atoms with Crippen molar-refractivity contribution in [1.29, 1.82) is 0 Å². The quantitative estimate of drug-likeness (QED) is 0.250. The van der Waals surface area contributed by atoms with Gasteiger partial charge in [0.05, 0.1) is 0 Å².